The van der Waals surface area contributed by atoms with Gasteiger partial charge in [-0.15, -0.1) is 20.4 Å². The SMILES string of the molecule is CC1(C)C=C(c2c[nH]c3cc(-c4ccc(-c5cn[nH]c5)cc4O)nnc23)CC(C)(C)N1.Oc1cc(-c2cn[nH]c2)ccc1-c1cc2cnn(C3CCNCC3)c2nn1.Oc1cc(-c2cn[nH]c2)ccc1-c1cnc2c(cnn2C2CCNCC2)n1. The predicted molar refractivity (Wildman–Crippen MR) is 325 cm³/mol. The number of H-pyrrole nitrogens is 4. The van der Waals surface area contributed by atoms with E-state index < -0.39 is 0 Å². The maximum Gasteiger partial charge on any atom is 0.180 e. The molecule has 0 aliphatic carbocycles. The summed E-state index contributed by atoms with van der Waals surface area (Å²) in [7, 11) is 0. The number of fused-ring (bicyclic) bond motifs is 3. The van der Waals surface area contributed by atoms with Crippen LogP contribution in [0.4, 0.5) is 0 Å². The van der Waals surface area contributed by atoms with Crippen LogP contribution in [0.25, 0.3) is 106 Å². The smallest absolute Gasteiger partial charge is 0.180 e. The van der Waals surface area contributed by atoms with E-state index in [4.69, 9.17) is 0 Å². The molecule has 0 saturated carbocycles. The van der Waals surface area contributed by atoms with Crippen molar-refractivity contribution in [3.05, 3.63) is 140 Å². The fraction of sp³-hybridized carbons (Fsp3) is 0.274. The molecule has 12 aromatic rings. The highest BCUT2D eigenvalue weighted by Gasteiger charge is 2.34. The summed E-state index contributed by atoms with van der Waals surface area (Å²) in [6.07, 6.45) is 25.1. The number of piperidine rings is 2. The zero-order chi connectivity index (χ0) is 58.2. The van der Waals surface area contributed by atoms with Crippen molar-refractivity contribution in [3.8, 4) is 84.4 Å². The van der Waals surface area contributed by atoms with Crippen LogP contribution in [0.15, 0.2) is 135 Å². The molecule has 3 aromatic carbocycles. The largest absolute Gasteiger partial charge is 0.507 e. The molecule has 23 heteroatoms. The number of benzene rings is 3. The fourth-order valence-corrected chi connectivity index (χ4v) is 12.0. The topological polar surface area (TPSA) is 312 Å². The van der Waals surface area contributed by atoms with E-state index in [0.717, 1.165) is 130 Å². The molecule has 15 rings (SSSR count). The molecule has 0 radical (unpaired) electrons. The van der Waals surface area contributed by atoms with E-state index in [0.29, 0.717) is 45.9 Å². The predicted octanol–water partition coefficient (Wildman–Crippen LogP) is 9.68. The van der Waals surface area contributed by atoms with Crippen molar-refractivity contribution in [2.45, 2.75) is 83.0 Å². The molecule has 2 fully saturated rings. The third-order valence-electron chi connectivity index (χ3n) is 15.9. The summed E-state index contributed by atoms with van der Waals surface area (Å²) in [5, 5.41) is 89.9. The summed E-state index contributed by atoms with van der Waals surface area (Å²) in [5.41, 5.74) is 15.5. The highest BCUT2D eigenvalue weighted by molar-refractivity contribution is 5.92. The van der Waals surface area contributed by atoms with Crippen molar-refractivity contribution >= 4 is 38.8 Å². The average molecular weight is 1140 g/mol. The van der Waals surface area contributed by atoms with Crippen LogP contribution in [0.1, 0.15) is 77.4 Å². The van der Waals surface area contributed by atoms with Gasteiger partial charge in [0.25, 0.3) is 0 Å². The Morgan fingerprint density at radius 2 is 1.02 bits per heavy atom. The molecule has 0 amide bonds. The Morgan fingerprint density at radius 3 is 1.55 bits per heavy atom. The molecule has 0 atom stereocenters. The number of rotatable bonds is 9. The molecule has 85 heavy (non-hydrogen) atoms. The van der Waals surface area contributed by atoms with Gasteiger partial charge in [-0.05, 0) is 157 Å². The van der Waals surface area contributed by atoms with E-state index >= 15 is 0 Å². The van der Waals surface area contributed by atoms with E-state index in [-0.39, 0.29) is 28.3 Å². The molecular formula is C62H64N20O3. The number of aromatic hydroxyl groups is 3. The van der Waals surface area contributed by atoms with Crippen LogP contribution in [-0.4, -0.2) is 138 Å². The zero-order valence-corrected chi connectivity index (χ0v) is 47.4. The van der Waals surface area contributed by atoms with Gasteiger partial charge < -0.3 is 36.3 Å². The maximum atomic E-state index is 10.6. The third-order valence-corrected chi connectivity index (χ3v) is 15.9. The first-order valence-corrected chi connectivity index (χ1v) is 28.5. The van der Waals surface area contributed by atoms with Crippen LogP contribution in [0.2, 0.25) is 0 Å². The molecular weight excluding hydrogens is 1070 g/mol. The Labute approximate surface area is 487 Å². The van der Waals surface area contributed by atoms with Gasteiger partial charge in [0.1, 0.15) is 28.3 Å². The van der Waals surface area contributed by atoms with E-state index in [1.54, 1.807) is 67.8 Å². The van der Waals surface area contributed by atoms with Gasteiger partial charge in [0, 0.05) is 80.2 Å². The van der Waals surface area contributed by atoms with Crippen LogP contribution in [-0.2, 0) is 0 Å². The van der Waals surface area contributed by atoms with Gasteiger partial charge >= 0.3 is 0 Å². The second-order valence-corrected chi connectivity index (χ2v) is 23.0. The number of phenols is 3. The van der Waals surface area contributed by atoms with Crippen LogP contribution < -0.4 is 16.0 Å². The number of phenolic OH excluding ortho intramolecular Hbond substituents is 3. The molecule has 9 aromatic heterocycles. The Hall–Kier alpha value is -9.97. The monoisotopic (exact) mass is 1140 g/mol. The van der Waals surface area contributed by atoms with Crippen molar-refractivity contribution in [2.75, 3.05) is 26.2 Å². The van der Waals surface area contributed by atoms with Crippen molar-refractivity contribution in [1.82, 2.24) is 101 Å². The van der Waals surface area contributed by atoms with Gasteiger partial charge in [-0.2, -0.15) is 25.5 Å². The molecule has 12 heterocycles. The molecule has 3 aliphatic rings. The third kappa shape index (κ3) is 11.3. The maximum absolute atomic E-state index is 10.6. The quantitative estimate of drug-likeness (QED) is 0.0643. The Kier molecular flexibility index (Phi) is 14.5. The minimum atomic E-state index is -0.101. The second-order valence-electron chi connectivity index (χ2n) is 23.0. The van der Waals surface area contributed by atoms with Crippen molar-refractivity contribution in [2.24, 2.45) is 0 Å². The molecule has 10 N–H and O–H groups in total. The first-order valence-electron chi connectivity index (χ1n) is 28.5. The molecule has 2 saturated heterocycles. The Balaban J connectivity index is 0.000000119. The summed E-state index contributed by atoms with van der Waals surface area (Å²) in [5.74, 6) is 0.477. The first-order chi connectivity index (χ1) is 41.3. The minimum absolute atomic E-state index is 0.00688. The lowest BCUT2D eigenvalue weighted by Crippen LogP contribution is -2.53. The van der Waals surface area contributed by atoms with E-state index in [1.807, 2.05) is 70.3 Å². The van der Waals surface area contributed by atoms with Gasteiger partial charge in [-0.1, -0.05) is 24.3 Å². The van der Waals surface area contributed by atoms with Crippen LogP contribution in [0.3, 0.4) is 0 Å². The second kappa shape index (κ2) is 22.6. The lowest BCUT2D eigenvalue weighted by atomic mass is 9.81. The summed E-state index contributed by atoms with van der Waals surface area (Å²) in [6.45, 7) is 12.8. The van der Waals surface area contributed by atoms with Gasteiger partial charge in [-0.25, -0.2) is 19.3 Å². The van der Waals surface area contributed by atoms with E-state index in [1.165, 1.54) is 5.57 Å². The number of hydrogen-bond acceptors (Lipinski definition) is 17. The molecule has 0 spiro atoms. The van der Waals surface area contributed by atoms with Crippen LogP contribution in [0.5, 0.6) is 17.2 Å². The van der Waals surface area contributed by atoms with Gasteiger partial charge in [0.15, 0.2) is 11.3 Å². The van der Waals surface area contributed by atoms with Gasteiger partial charge in [0.2, 0.25) is 0 Å². The summed E-state index contributed by atoms with van der Waals surface area (Å²) in [6, 6.07) is 21.1. The number of aromatic nitrogens is 17. The summed E-state index contributed by atoms with van der Waals surface area (Å²) >= 11 is 0. The summed E-state index contributed by atoms with van der Waals surface area (Å²) in [4.78, 5) is 12.6. The molecule has 3 aliphatic heterocycles. The number of nitrogens with zero attached hydrogens (tertiary/aromatic N) is 13. The highest BCUT2D eigenvalue weighted by Crippen LogP contribution is 2.39. The van der Waals surface area contributed by atoms with E-state index in [9.17, 15) is 15.3 Å². The van der Waals surface area contributed by atoms with Gasteiger partial charge in [-0.3, -0.25) is 15.3 Å². The number of nitrogens with one attached hydrogen (secondary N) is 7. The van der Waals surface area contributed by atoms with Crippen molar-refractivity contribution < 1.29 is 15.3 Å². The normalized spacial score (nSPS) is 16.2. The van der Waals surface area contributed by atoms with Crippen LogP contribution in [0, 0.1) is 0 Å². The van der Waals surface area contributed by atoms with Gasteiger partial charge in [0.05, 0.1) is 71.9 Å². The number of aromatic amines is 4. The summed E-state index contributed by atoms with van der Waals surface area (Å²) < 4.78 is 3.96. The molecule has 23 nitrogen and oxygen atoms in total. The average Bonchev–Trinajstić information content (AvgIpc) is 3.75. The molecule has 430 valence electrons. The fourth-order valence-electron chi connectivity index (χ4n) is 12.0. The zero-order valence-electron chi connectivity index (χ0n) is 47.4. The van der Waals surface area contributed by atoms with Crippen molar-refractivity contribution in [1.29, 1.82) is 0 Å². The Bertz CT molecular complexity index is 4160. The standard InChI is InChI=1S/C24H26N6O.2C19H19N7O/c1-23(2)9-15(10-24(3,4)30-23)18-13-25-20-8-19(28-29-22(18)20)17-6-5-14(7-21(17)31)16-11-26-27-12-16;27-18-8-12(14-9-21-22-10-14)1-2-16(18)17-7-13-11-23-26(19(13)25-24-17)15-3-5-20-6-4-15;27-18-7-12(13-8-22-23-9-13)1-2-15(18)16-10-21-19-17(25-16)11-24-26(19)14-3-5-20-6-4-14/h5-9,11-13,25,30-31H,10H2,1-4H3,(H,26,27);1-2,7-11,15,20,27H,3-6H2,(H,21,22);1-2,7-11,14,20,27H,3-6H2,(H,22,23). The molecule has 0 bridgehead atoms. The lowest BCUT2D eigenvalue weighted by molar-refractivity contribution is 0.297. The highest BCUT2D eigenvalue weighted by atomic mass is 16.3. The lowest BCUT2D eigenvalue weighted by Gasteiger charge is -2.41. The first kappa shape index (κ1) is 54.3. The molecule has 0 unspecified atom stereocenters. The van der Waals surface area contributed by atoms with Crippen LogP contribution >= 0.6 is 0 Å². The minimum Gasteiger partial charge on any atom is -0.507 e. The van der Waals surface area contributed by atoms with E-state index in [2.05, 4.69) is 126 Å². The van der Waals surface area contributed by atoms with Crippen molar-refractivity contribution in [3.63, 3.8) is 0 Å². The number of hydrogen-bond donors (Lipinski definition) is 10. The Morgan fingerprint density at radius 1 is 0.506 bits per heavy atom.